The smallest absolute Gasteiger partial charge is 0.226 e. The van der Waals surface area contributed by atoms with Crippen LogP contribution >= 0.6 is 0 Å². The topological polar surface area (TPSA) is 50.4 Å². The minimum atomic E-state index is -0.440. The molecular formula is C18H21FN2O2. The molecule has 0 fully saturated rings. The van der Waals surface area contributed by atoms with Crippen LogP contribution in [-0.4, -0.2) is 18.6 Å². The summed E-state index contributed by atoms with van der Waals surface area (Å²) in [5.41, 5.74) is 1.03. The Labute approximate surface area is 135 Å². The fourth-order valence-corrected chi connectivity index (χ4v) is 2.06. The van der Waals surface area contributed by atoms with E-state index >= 15 is 0 Å². The molecule has 0 aliphatic heterocycles. The maximum atomic E-state index is 13.5. The Bertz CT molecular complexity index is 659. The van der Waals surface area contributed by atoms with E-state index < -0.39 is 5.82 Å². The minimum absolute atomic E-state index is 0.0716. The second-order valence-electron chi connectivity index (χ2n) is 5.37. The number of carbonyl (C=O) groups excluding carboxylic acids is 1. The molecule has 4 nitrogen and oxygen atoms in total. The summed E-state index contributed by atoms with van der Waals surface area (Å²) in [6.45, 7) is 4.34. The van der Waals surface area contributed by atoms with E-state index in [2.05, 4.69) is 10.6 Å². The van der Waals surface area contributed by atoms with Gasteiger partial charge in [-0.25, -0.2) is 4.39 Å². The summed E-state index contributed by atoms with van der Waals surface area (Å²) in [7, 11) is 0. The summed E-state index contributed by atoms with van der Waals surface area (Å²) in [5, 5.41) is 5.73. The quantitative estimate of drug-likeness (QED) is 0.810. The number of hydrogen-bond donors (Lipinski definition) is 2. The lowest BCUT2D eigenvalue weighted by Gasteiger charge is -2.15. The molecule has 2 aromatic rings. The van der Waals surface area contributed by atoms with Crippen LogP contribution in [0.25, 0.3) is 0 Å². The molecule has 0 aromatic heterocycles. The number of ether oxygens (including phenoxy) is 1. The molecule has 2 N–H and O–H groups in total. The van der Waals surface area contributed by atoms with Gasteiger partial charge in [0.15, 0.2) is 0 Å². The summed E-state index contributed by atoms with van der Waals surface area (Å²) in [6, 6.07) is 13.7. The number of para-hydroxylation sites is 3. The first-order valence-corrected chi connectivity index (χ1v) is 7.60. The lowest BCUT2D eigenvalue weighted by atomic mass is 10.2. The molecule has 23 heavy (non-hydrogen) atoms. The number of halogens is 1. The van der Waals surface area contributed by atoms with Gasteiger partial charge in [-0.15, -0.1) is 0 Å². The van der Waals surface area contributed by atoms with Gasteiger partial charge in [-0.05, 0) is 38.1 Å². The van der Waals surface area contributed by atoms with Gasteiger partial charge in [0, 0.05) is 13.0 Å². The molecule has 0 aliphatic rings. The molecule has 0 bridgehead atoms. The summed E-state index contributed by atoms with van der Waals surface area (Å²) >= 11 is 0. The number of nitrogens with one attached hydrogen (secondary N) is 2. The van der Waals surface area contributed by atoms with Gasteiger partial charge in [0.05, 0.1) is 17.5 Å². The predicted octanol–water partition coefficient (Wildman–Crippen LogP) is 4.05. The van der Waals surface area contributed by atoms with Crippen molar-refractivity contribution in [2.75, 3.05) is 17.2 Å². The maximum absolute atomic E-state index is 13.5. The Morgan fingerprint density at radius 2 is 1.74 bits per heavy atom. The van der Waals surface area contributed by atoms with E-state index in [0.29, 0.717) is 6.54 Å². The van der Waals surface area contributed by atoms with Crippen molar-refractivity contribution in [2.24, 2.45) is 0 Å². The van der Waals surface area contributed by atoms with E-state index in [0.717, 1.165) is 11.4 Å². The van der Waals surface area contributed by atoms with Crippen LogP contribution in [0.4, 0.5) is 15.8 Å². The van der Waals surface area contributed by atoms with Gasteiger partial charge in [-0.3, -0.25) is 4.79 Å². The molecule has 0 aliphatic carbocycles. The standard InChI is InChI=1S/C18H21FN2O2/c1-13(2)23-17-10-6-5-9-16(17)20-12-11-18(22)21-15-8-4-3-7-14(15)19/h3-10,13,20H,11-12H2,1-2H3,(H,21,22). The molecule has 0 heterocycles. The normalized spacial score (nSPS) is 10.4. The van der Waals surface area contributed by atoms with Gasteiger partial charge in [0.2, 0.25) is 5.91 Å². The van der Waals surface area contributed by atoms with Crippen molar-refractivity contribution >= 4 is 17.3 Å². The monoisotopic (exact) mass is 316 g/mol. The van der Waals surface area contributed by atoms with Gasteiger partial charge >= 0.3 is 0 Å². The first kappa shape index (κ1) is 16.8. The molecule has 0 unspecified atom stereocenters. The molecule has 2 aromatic carbocycles. The zero-order valence-electron chi connectivity index (χ0n) is 13.3. The summed E-state index contributed by atoms with van der Waals surface area (Å²) in [5.74, 6) is 0.0614. The van der Waals surface area contributed by atoms with Crippen LogP contribution < -0.4 is 15.4 Å². The molecule has 122 valence electrons. The lowest BCUT2D eigenvalue weighted by molar-refractivity contribution is -0.116. The summed E-state index contributed by atoms with van der Waals surface area (Å²) in [4.78, 5) is 11.9. The molecule has 2 rings (SSSR count). The van der Waals surface area contributed by atoms with Crippen molar-refractivity contribution in [1.29, 1.82) is 0 Å². The highest BCUT2D eigenvalue weighted by molar-refractivity contribution is 5.91. The van der Waals surface area contributed by atoms with Crippen LogP contribution in [0.15, 0.2) is 48.5 Å². The predicted molar refractivity (Wildman–Crippen MR) is 90.3 cm³/mol. The molecule has 1 amide bonds. The molecule has 0 atom stereocenters. The maximum Gasteiger partial charge on any atom is 0.226 e. The van der Waals surface area contributed by atoms with Crippen LogP contribution in [0.3, 0.4) is 0 Å². The zero-order valence-corrected chi connectivity index (χ0v) is 13.3. The Hall–Kier alpha value is -2.56. The summed E-state index contributed by atoms with van der Waals surface area (Å²) < 4.78 is 19.2. The van der Waals surface area contributed by atoms with Crippen LogP contribution in [0.2, 0.25) is 0 Å². The first-order chi connectivity index (χ1) is 11.1. The van der Waals surface area contributed by atoms with Crippen molar-refractivity contribution in [3.05, 3.63) is 54.3 Å². The van der Waals surface area contributed by atoms with Gasteiger partial charge < -0.3 is 15.4 Å². The zero-order chi connectivity index (χ0) is 16.7. The third kappa shape index (κ3) is 5.29. The van der Waals surface area contributed by atoms with Crippen LogP contribution in [-0.2, 0) is 4.79 Å². The fourth-order valence-electron chi connectivity index (χ4n) is 2.06. The van der Waals surface area contributed by atoms with E-state index in [-0.39, 0.29) is 24.1 Å². The van der Waals surface area contributed by atoms with Crippen LogP contribution in [0.5, 0.6) is 5.75 Å². The van der Waals surface area contributed by atoms with Crippen LogP contribution in [0.1, 0.15) is 20.3 Å². The molecule has 5 heteroatoms. The Morgan fingerprint density at radius 3 is 2.43 bits per heavy atom. The molecule has 0 saturated carbocycles. The number of rotatable bonds is 7. The number of anilines is 2. The van der Waals surface area contributed by atoms with Crippen molar-refractivity contribution in [2.45, 2.75) is 26.4 Å². The van der Waals surface area contributed by atoms with Crippen molar-refractivity contribution in [3.8, 4) is 5.75 Å². The summed E-state index contributed by atoms with van der Waals surface area (Å²) in [6.07, 6.45) is 0.298. The number of hydrogen-bond acceptors (Lipinski definition) is 3. The molecule has 0 saturated heterocycles. The van der Waals surface area contributed by atoms with Crippen molar-refractivity contribution in [3.63, 3.8) is 0 Å². The Balaban J connectivity index is 1.85. The van der Waals surface area contributed by atoms with Gasteiger partial charge in [0.25, 0.3) is 0 Å². The van der Waals surface area contributed by atoms with E-state index in [1.54, 1.807) is 12.1 Å². The van der Waals surface area contributed by atoms with Gasteiger partial charge in [-0.1, -0.05) is 24.3 Å². The van der Waals surface area contributed by atoms with Crippen LogP contribution in [0, 0.1) is 5.82 Å². The highest BCUT2D eigenvalue weighted by Crippen LogP contribution is 2.24. The largest absolute Gasteiger partial charge is 0.489 e. The van der Waals surface area contributed by atoms with Gasteiger partial charge in [-0.2, -0.15) is 0 Å². The average Bonchev–Trinajstić information content (AvgIpc) is 2.51. The highest BCUT2D eigenvalue weighted by Gasteiger charge is 2.08. The van der Waals surface area contributed by atoms with Crippen molar-refractivity contribution < 1.29 is 13.9 Å². The highest BCUT2D eigenvalue weighted by atomic mass is 19.1. The van der Waals surface area contributed by atoms with E-state index in [1.165, 1.54) is 12.1 Å². The molecular weight excluding hydrogens is 295 g/mol. The number of carbonyl (C=O) groups is 1. The number of amides is 1. The van der Waals surface area contributed by atoms with Gasteiger partial charge in [0.1, 0.15) is 11.6 Å². The average molecular weight is 316 g/mol. The van der Waals surface area contributed by atoms with E-state index in [4.69, 9.17) is 4.74 Å². The second-order valence-corrected chi connectivity index (χ2v) is 5.37. The lowest BCUT2D eigenvalue weighted by Crippen LogP contribution is -2.17. The first-order valence-electron chi connectivity index (χ1n) is 7.60. The minimum Gasteiger partial charge on any atom is -0.489 e. The number of benzene rings is 2. The SMILES string of the molecule is CC(C)Oc1ccccc1NCCC(=O)Nc1ccccc1F. The Morgan fingerprint density at radius 1 is 1.09 bits per heavy atom. The Kier molecular flexibility index (Phi) is 5.97. The third-order valence-electron chi connectivity index (χ3n) is 3.07. The fraction of sp³-hybridized carbons (Fsp3) is 0.278. The van der Waals surface area contributed by atoms with E-state index in [9.17, 15) is 9.18 Å². The second kappa shape index (κ2) is 8.17. The van der Waals surface area contributed by atoms with E-state index in [1.807, 2.05) is 38.1 Å². The molecule has 0 radical (unpaired) electrons. The third-order valence-corrected chi connectivity index (χ3v) is 3.07. The van der Waals surface area contributed by atoms with Crippen molar-refractivity contribution in [1.82, 2.24) is 0 Å². The molecule has 0 spiro atoms.